The van der Waals surface area contributed by atoms with Gasteiger partial charge in [-0.3, -0.25) is 4.79 Å². The zero-order valence-electron chi connectivity index (χ0n) is 13.1. The summed E-state index contributed by atoms with van der Waals surface area (Å²) in [6.07, 6.45) is 3.34. The van der Waals surface area contributed by atoms with Crippen LogP contribution in [0, 0.1) is 12.8 Å². The van der Waals surface area contributed by atoms with Gasteiger partial charge in [0.05, 0.1) is 0 Å². The van der Waals surface area contributed by atoms with Gasteiger partial charge >= 0.3 is 0 Å². The Bertz CT molecular complexity index is 482. The van der Waals surface area contributed by atoms with Crippen LogP contribution in [0.4, 0.5) is 0 Å². The minimum Gasteiger partial charge on any atom is -0.508 e. The predicted octanol–water partition coefficient (Wildman–Crippen LogP) is 2.55. The maximum atomic E-state index is 12.7. The number of carbonyl (C=O) groups is 1. The summed E-state index contributed by atoms with van der Waals surface area (Å²) < 4.78 is 0. The molecule has 1 saturated heterocycles. The van der Waals surface area contributed by atoms with Crippen molar-refractivity contribution in [2.45, 2.75) is 33.1 Å². The molecule has 4 heteroatoms. The number of amides is 1. The van der Waals surface area contributed by atoms with Crippen molar-refractivity contribution in [2.75, 3.05) is 26.2 Å². The van der Waals surface area contributed by atoms with E-state index < -0.39 is 0 Å². The Kier molecular flexibility index (Phi) is 5.62. The third kappa shape index (κ3) is 4.21. The van der Waals surface area contributed by atoms with Crippen molar-refractivity contribution in [1.29, 1.82) is 0 Å². The van der Waals surface area contributed by atoms with E-state index in [4.69, 9.17) is 0 Å². The molecule has 0 spiro atoms. The lowest BCUT2D eigenvalue weighted by Gasteiger charge is -2.30. The normalized spacial score (nSPS) is 18.5. The number of nitrogens with one attached hydrogen (secondary N) is 1. The fourth-order valence-electron chi connectivity index (χ4n) is 2.91. The Labute approximate surface area is 127 Å². The summed E-state index contributed by atoms with van der Waals surface area (Å²) in [7, 11) is 0. The Morgan fingerprint density at radius 1 is 1.48 bits per heavy atom. The van der Waals surface area contributed by atoms with Crippen molar-refractivity contribution < 1.29 is 9.90 Å². The highest BCUT2D eigenvalue weighted by atomic mass is 16.3. The molecule has 1 fully saturated rings. The first-order chi connectivity index (χ1) is 10.1. The summed E-state index contributed by atoms with van der Waals surface area (Å²) in [5.41, 5.74) is 1.42. The average Bonchev–Trinajstić information content (AvgIpc) is 2.50. The summed E-state index contributed by atoms with van der Waals surface area (Å²) in [5.74, 6) is 0.864. The number of piperidine rings is 1. The second-order valence-electron chi connectivity index (χ2n) is 5.96. The van der Waals surface area contributed by atoms with Gasteiger partial charge in [0.15, 0.2) is 0 Å². The molecule has 1 amide bonds. The molecule has 0 aromatic heterocycles. The summed E-state index contributed by atoms with van der Waals surface area (Å²) in [6, 6.07) is 5.10. The molecule has 1 aromatic rings. The van der Waals surface area contributed by atoms with Crippen LogP contribution >= 0.6 is 0 Å². The number of phenols is 1. The van der Waals surface area contributed by atoms with E-state index >= 15 is 0 Å². The molecule has 1 aliphatic heterocycles. The standard InChI is InChI=1S/C17H26N2O2/c1-3-9-19(12-14-5-4-8-18-11-14)17(21)15-6-7-16(20)13(2)10-15/h6-7,10,14,18,20H,3-5,8-9,11-12H2,1-2H3. The van der Waals surface area contributed by atoms with Gasteiger partial charge in [0.1, 0.15) is 5.75 Å². The molecule has 2 N–H and O–H groups in total. The summed E-state index contributed by atoms with van der Waals surface area (Å²) in [4.78, 5) is 14.7. The molecule has 1 aliphatic rings. The first kappa shape index (κ1) is 15.8. The lowest BCUT2D eigenvalue weighted by atomic mass is 9.98. The summed E-state index contributed by atoms with van der Waals surface area (Å²) in [5, 5.41) is 13.0. The molecule has 1 heterocycles. The summed E-state index contributed by atoms with van der Waals surface area (Å²) in [6.45, 7) is 7.62. The zero-order chi connectivity index (χ0) is 15.2. The van der Waals surface area contributed by atoms with Crippen molar-refractivity contribution in [2.24, 2.45) is 5.92 Å². The average molecular weight is 290 g/mol. The molecule has 1 unspecified atom stereocenters. The fraction of sp³-hybridized carbons (Fsp3) is 0.588. The molecule has 116 valence electrons. The number of benzene rings is 1. The van der Waals surface area contributed by atoms with Gasteiger partial charge in [-0.05, 0) is 69.0 Å². The fourth-order valence-corrected chi connectivity index (χ4v) is 2.91. The highest BCUT2D eigenvalue weighted by Gasteiger charge is 2.21. The van der Waals surface area contributed by atoms with E-state index in [9.17, 15) is 9.90 Å². The Morgan fingerprint density at radius 3 is 2.90 bits per heavy atom. The molecule has 0 aliphatic carbocycles. The highest BCUT2D eigenvalue weighted by Crippen LogP contribution is 2.19. The molecule has 4 nitrogen and oxygen atoms in total. The maximum Gasteiger partial charge on any atom is 0.253 e. The van der Waals surface area contributed by atoms with Crippen LogP contribution in [0.3, 0.4) is 0 Å². The van der Waals surface area contributed by atoms with Crippen LogP contribution < -0.4 is 5.32 Å². The lowest BCUT2D eigenvalue weighted by molar-refractivity contribution is 0.0718. The molecule has 21 heavy (non-hydrogen) atoms. The molecular formula is C17H26N2O2. The van der Waals surface area contributed by atoms with Crippen molar-refractivity contribution in [3.8, 4) is 5.75 Å². The van der Waals surface area contributed by atoms with Gasteiger partial charge in [-0.1, -0.05) is 6.92 Å². The number of carbonyl (C=O) groups excluding carboxylic acids is 1. The minimum atomic E-state index is 0.0746. The molecule has 0 radical (unpaired) electrons. The molecule has 0 bridgehead atoms. The molecule has 0 saturated carbocycles. The van der Waals surface area contributed by atoms with E-state index in [0.717, 1.165) is 38.2 Å². The number of hydrogen-bond acceptors (Lipinski definition) is 3. The monoisotopic (exact) mass is 290 g/mol. The minimum absolute atomic E-state index is 0.0746. The maximum absolute atomic E-state index is 12.7. The van der Waals surface area contributed by atoms with Crippen molar-refractivity contribution in [3.05, 3.63) is 29.3 Å². The number of aryl methyl sites for hydroxylation is 1. The van der Waals surface area contributed by atoms with Crippen LogP contribution in [0.2, 0.25) is 0 Å². The predicted molar refractivity (Wildman–Crippen MR) is 84.6 cm³/mol. The van der Waals surface area contributed by atoms with E-state index in [1.165, 1.54) is 12.8 Å². The van der Waals surface area contributed by atoms with Crippen molar-refractivity contribution >= 4 is 5.91 Å². The number of rotatable bonds is 5. The largest absolute Gasteiger partial charge is 0.508 e. The van der Waals surface area contributed by atoms with Crippen LogP contribution in [0.15, 0.2) is 18.2 Å². The van der Waals surface area contributed by atoms with Gasteiger partial charge in [-0.15, -0.1) is 0 Å². The third-order valence-corrected chi connectivity index (χ3v) is 4.10. The van der Waals surface area contributed by atoms with Gasteiger partial charge in [0, 0.05) is 18.7 Å². The van der Waals surface area contributed by atoms with E-state index in [2.05, 4.69) is 12.2 Å². The van der Waals surface area contributed by atoms with Crippen LogP contribution in [0.5, 0.6) is 5.75 Å². The van der Waals surface area contributed by atoms with Gasteiger partial charge in [-0.2, -0.15) is 0 Å². The zero-order valence-corrected chi connectivity index (χ0v) is 13.1. The van der Waals surface area contributed by atoms with Crippen molar-refractivity contribution in [1.82, 2.24) is 10.2 Å². The van der Waals surface area contributed by atoms with Gasteiger partial charge in [0.2, 0.25) is 0 Å². The molecular weight excluding hydrogens is 264 g/mol. The van der Waals surface area contributed by atoms with Gasteiger partial charge in [0.25, 0.3) is 5.91 Å². The van der Waals surface area contributed by atoms with Crippen LogP contribution in [0.1, 0.15) is 42.1 Å². The second-order valence-corrected chi connectivity index (χ2v) is 5.96. The first-order valence-corrected chi connectivity index (χ1v) is 7.91. The SMILES string of the molecule is CCCN(CC1CCCNC1)C(=O)c1ccc(O)c(C)c1. The topological polar surface area (TPSA) is 52.6 Å². The van der Waals surface area contributed by atoms with E-state index in [1.807, 2.05) is 11.8 Å². The highest BCUT2D eigenvalue weighted by molar-refractivity contribution is 5.94. The number of phenolic OH excluding ortho intramolecular Hbond substituents is 1. The number of hydrogen-bond donors (Lipinski definition) is 2. The summed E-state index contributed by atoms with van der Waals surface area (Å²) >= 11 is 0. The molecule has 2 rings (SSSR count). The second kappa shape index (κ2) is 7.46. The lowest BCUT2D eigenvalue weighted by Crippen LogP contribution is -2.41. The molecule has 1 atom stereocenters. The number of aromatic hydroxyl groups is 1. The Balaban J connectivity index is 2.08. The van der Waals surface area contributed by atoms with E-state index in [0.29, 0.717) is 11.5 Å². The van der Waals surface area contributed by atoms with Gasteiger partial charge in [-0.25, -0.2) is 0 Å². The van der Waals surface area contributed by atoms with E-state index in [-0.39, 0.29) is 11.7 Å². The van der Waals surface area contributed by atoms with Crippen LogP contribution in [0.25, 0.3) is 0 Å². The quantitative estimate of drug-likeness (QED) is 0.876. The van der Waals surface area contributed by atoms with Crippen LogP contribution in [-0.4, -0.2) is 42.1 Å². The first-order valence-electron chi connectivity index (χ1n) is 7.91. The Morgan fingerprint density at radius 2 is 2.29 bits per heavy atom. The van der Waals surface area contributed by atoms with E-state index in [1.54, 1.807) is 18.2 Å². The third-order valence-electron chi connectivity index (χ3n) is 4.10. The van der Waals surface area contributed by atoms with Crippen molar-refractivity contribution in [3.63, 3.8) is 0 Å². The molecule has 1 aromatic carbocycles. The van der Waals surface area contributed by atoms with Gasteiger partial charge < -0.3 is 15.3 Å². The van der Waals surface area contributed by atoms with Crippen LogP contribution in [-0.2, 0) is 0 Å². The Hall–Kier alpha value is -1.55. The smallest absolute Gasteiger partial charge is 0.253 e. The number of nitrogens with zero attached hydrogens (tertiary/aromatic N) is 1.